The summed E-state index contributed by atoms with van der Waals surface area (Å²) in [6, 6.07) is 11.4. The van der Waals surface area contributed by atoms with Gasteiger partial charge in [0.25, 0.3) is 11.7 Å². The second kappa shape index (κ2) is 8.28. The summed E-state index contributed by atoms with van der Waals surface area (Å²) in [5, 5.41) is 13.4. The molecule has 166 valence electrons. The molecule has 1 amide bonds. The van der Waals surface area contributed by atoms with E-state index in [0.29, 0.717) is 27.9 Å². The number of anilines is 1. The minimum atomic E-state index is -0.190. The van der Waals surface area contributed by atoms with Crippen LogP contribution in [0.3, 0.4) is 0 Å². The van der Waals surface area contributed by atoms with E-state index in [2.05, 4.69) is 30.5 Å². The van der Waals surface area contributed by atoms with Crippen LogP contribution in [0.4, 0.5) is 5.69 Å². The topological polar surface area (TPSA) is 103 Å². The first kappa shape index (κ1) is 21.1. The molecule has 10 heteroatoms. The van der Waals surface area contributed by atoms with E-state index in [1.165, 1.54) is 11.8 Å². The maximum absolute atomic E-state index is 13.1. The molecule has 0 bridgehead atoms. The standard InChI is InChI=1S/C23H22N8OS/c1-13-9-14(2)31-22(25-13)27-23(29-31)33-12-16-7-5-6-8-18(16)21(32)26-17-10-19-15(3)28-30(4)20(19)24-11-17/h5-11H,12H2,1-4H3,(H,26,32). The summed E-state index contributed by atoms with van der Waals surface area (Å²) >= 11 is 1.47. The highest BCUT2D eigenvalue weighted by Crippen LogP contribution is 2.24. The molecule has 0 aliphatic heterocycles. The zero-order chi connectivity index (χ0) is 23.1. The number of nitrogens with zero attached hydrogens (tertiary/aromatic N) is 7. The van der Waals surface area contributed by atoms with Crippen molar-refractivity contribution in [1.29, 1.82) is 0 Å². The Labute approximate surface area is 194 Å². The molecule has 0 atom stereocenters. The number of fused-ring (bicyclic) bond motifs is 2. The maximum atomic E-state index is 13.1. The molecular weight excluding hydrogens is 436 g/mol. The van der Waals surface area contributed by atoms with E-state index in [1.54, 1.807) is 15.4 Å². The quantitative estimate of drug-likeness (QED) is 0.399. The average Bonchev–Trinajstić information content (AvgIpc) is 3.32. The van der Waals surface area contributed by atoms with Crippen LogP contribution in [0.2, 0.25) is 0 Å². The van der Waals surface area contributed by atoms with Crippen LogP contribution in [-0.2, 0) is 12.8 Å². The molecule has 0 spiro atoms. The Balaban J connectivity index is 1.36. The van der Waals surface area contributed by atoms with Crippen LogP contribution in [0.1, 0.15) is 33.0 Å². The molecule has 0 unspecified atom stereocenters. The summed E-state index contributed by atoms with van der Waals surface area (Å²) in [6.07, 6.45) is 1.65. The molecule has 0 aliphatic carbocycles. The SMILES string of the molecule is Cc1cc(C)n2nc(SCc3ccccc3C(=O)Nc3cnc4c(c3)c(C)nn4C)nc2n1. The van der Waals surface area contributed by atoms with Gasteiger partial charge in [0, 0.05) is 35.1 Å². The fourth-order valence-corrected chi connectivity index (χ4v) is 4.62. The number of aryl methyl sites for hydroxylation is 4. The first-order valence-electron chi connectivity index (χ1n) is 10.4. The normalized spacial score (nSPS) is 11.4. The van der Waals surface area contributed by atoms with E-state index in [1.807, 2.05) is 64.2 Å². The van der Waals surface area contributed by atoms with Gasteiger partial charge in [-0.2, -0.15) is 10.1 Å². The number of nitrogens with one attached hydrogen (secondary N) is 1. The van der Waals surface area contributed by atoms with Crippen molar-refractivity contribution >= 4 is 40.2 Å². The molecule has 0 saturated heterocycles. The third kappa shape index (κ3) is 4.05. The van der Waals surface area contributed by atoms with Crippen molar-refractivity contribution in [3.63, 3.8) is 0 Å². The van der Waals surface area contributed by atoms with Gasteiger partial charge in [-0.1, -0.05) is 30.0 Å². The monoisotopic (exact) mass is 458 g/mol. The van der Waals surface area contributed by atoms with Crippen molar-refractivity contribution in [3.05, 3.63) is 70.8 Å². The highest BCUT2D eigenvalue weighted by Gasteiger charge is 2.15. The first-order valence-corrected chi connectivity index (χ1v) is 11.4. The summed E-state index contributed by atoms with van der Waals surface area (Å²) in [6.45, 7) is 5.84. The lowest BCUT2D eigenvalue weighted by Gasteiger charge is -2.09. The number of thioether (sulfide) groups is 1. The maximum Gasteiger partial charge on any atom is 0.256 e. The number of carbonyl (C=O) groups excluding carboxylic acids is 1. The summed E-state index contributed by atoms with van der Waals surface area (Å²) in [5.41, 5.74) is 5.65. The number of hydrogen-bond donors (Lipinski definition) is 1. The minimum Gasteiger partial charge on any atom is -0.321 e. The van der Waals surface area contributed by atoms with E-state index in [4.69, 9.17) is 0 Å². The minimum absolute atomic E-state index is 0.190. The molecule has 9 nitrogen and oxygen atoms in total. The number of amides is 1. The van der Waals surface area contributed by atoms with Gasteiger partial charge >= 0.3 is 0 Å². The van der Waals surface area contributed by atoms with Crippen LogP contribution in [-0.4, -0.2) is 40.3 Å². The van der Waals surface area contributed by atoms with Crippen molar-refractivity contribution in [3.8, 4) is 0 Å². The van der Waals surface area contributed by atoms with E-state index < -0.39 is 0 Å². The lowest BCUT2D eigenvalue weighted by atomic mass is 10.1. The van der Waals surface area contributed by atoms with Gasteiger partial charge in [-0.15, -0.1) is 5.10 Å². The molecule has 1 N–H and O–H groups in total. The van der Waals surface area contributed by atoms with Crippen LogP contribution in [0, 0.1) is 20.8 Å². The number of pyridine rings is 1. The van der Waals surface area contributed by atoms with Crippen molar-refractivity contribution in [1.82, 2.24) is 34.3 Å². The summed E-state index contributed by atoms with van der Waals surface area (Å²) in [4.78, 5) is 26.5. The van der Waals surface area contributed by atoms with Gasteiger partial charge in [0.2, 0.25) is 5.16 Å². The van der Waals surface area contributed by atoms with Crippen molar-refractivity contribution in [2.75, 3.05) is 5.32 Å². The predicted octanol–water partition coefficient (Wildman–Crippen LogP) is 3.88. The molecule has 1 aromatic carbocycles. The number of aromatic nitrogens is 7. The number of hydrogen-bond acceptors (Lipinski definition) is 7. The van der Waals surface area contributed by atoms with Crippen LogP contribution in [0.25, 0.3) is 16.8 Å². The van der Waals surface area contributed by atoms with Crippen LogP contribution < -0.4 is 5.32 Å². The molecule has 0 saturated carbocycles. The molecule has 5 aromatic rings. The zero-order valence-corrected chi connectivity index (χ0v) is 19.5. The summed E-state index contributed by atoms with van der Waals surface area (Å²) < 4.78 is 3.46. The third-order valence-electron chi connectivity index (χ3n) is 5.34. The van der Waals surface area contributed by atoms with E-state index >= 15 is 0 Å². The summed E-state index contributed by atoms with van der Waals surface area (Å²) in [5.74, 6) is 0.942. The fourth-order valence-electron chi connectivity index (χ4n) is 3.79. The van der Waals surface area contributed by atoms with Gasteiger partial charge in [0.05, 0.1) is 17.6 Å². The van der Waals surface area contributed by atoms with Gasteiger partial charge < -0.3 is 5.32 Å². The Morgan fingerprint density at radius 1 is 1.09 bits per heavy atom. The molecule has 0 aliphatic rings. The highest BCUT2D eigenvalue weighted by atomic mass is 32.2. The smallest absolute Gasteiger partial charge is 0.256 e. The van der Waals surface area contributed by atoms with Gasteiger partial charge in [-0.3, -0.25) is 9.48 Å². The van der Waals surface area contributed by atoms with Crippen molar-refractivity contribution in [2.45, 2.75) is 31.7 Å². The Hall–Kier alpha value is -3.79. The predicted molar refractivity (Wildman–Crippen MR) is 127 cm³/mol. The second-order valence-electron chi connectivity index (χ2n) is 7.85. The van der Waals surface area contributed by atoms with Gasteiger partial charge in [0.1, 0.15) is 0 Å². The van der Waals surface area contributed by atoms with Gasteiger partial charge in [-0.05, 0) is 44.5 Å². The summed E-state index contributed by atoms with van der Waals surface area (Å²) in [7, 11) is 1.85. The van der Waals surface area contributed by atoms with Crippen LogP contribution >= 0.6 is 11.8 Å². The van der Waals surface area contributed by atoms with E-state index in [-0.39, 0.29) is 5.91 Å². The lowest BCUT2D eigenvalue weighted by molar-refractivity contribution is 0.102. The molecule has 4 heterocycles. The number of benzene rings is 1. The Kier molecular flexibility index (Phi) is 5.29. The second-order valence-corrected chi connectivity index (χ2v) is 8.79. The molecule has 4 aromatic heterocycles. The lowest BCUT2D eigenvalue weighted by Crippen LogP contribution is -2.14. The fraction of sp³-hybridized carbons (Fsp3) is 0.217. The molecule has 33 heavy (non-hydrogen) atoms. The number of carbonyl (C=O) groups is 1. The molecule has 0 fully saturated rings. The molecular formula is C23H22N8OS. The highest BCUT2D eigenvalue weighted by molar-refractivity contribution is 7.98. The average molecular weight is 459 g/mol. The van der Waals surface area contributed by atoms with Crippen LogP contribution in [0.5, 0.6) is 0 Å². The number of rotatable bonds is 5. The van der Waals surface area contributed by atoms with E-state index in [9.17, 15) is 4.79 Å². The zero-order valence-electron chi connectivity index (χ0n) is 18.7. The molecule has 5 rings (SSSR count). The third-order valence-corrected chi connectivity index (χ3v) is 6.22. The Morgan fingerprint density at radius 2 is 1.91 bits per heavy atom. The van der Waals surface area contributed by atoms with Gasteiger partial charge in [-0.25, -0.2) is 14.5 Å². The first-order chi connectivity index (χ1) is 15.9. The Morgan fingerprint density at radius 3 is 2.76 bits per heavy atom. The molecule has 0 radical (unpaired) electrons. The Bertz CT molecular complexity index is 1520. The van der Waals surface area contributed by atoms with Crippen molar-refractivity contribution in [2.24, 2.45) is 7.05 Å². The van der Waals surface area contributed by atoms with Crippen molar-refractivity contribution < 1.29 is 4.79 Å². The van der Waals surface area contributed by atoms with E-state index in [0.717, 1.165) is 33.7 Å². The largest absolute Gasteiger partial charge is 0.321 e. The van der Waals surface area contributed by atoms with Gasteiger partial charge in [0.15, 0.2) is 5.65 Å². The van der Waals surface area contributed by atoms with Crippen LogP contribution in [0.15, 0.2) is 47.8 Å².